The van der Waals surface area contributed by atoms with Crippen LogP contribution in [-0.4, -0.2) is 24.9 Å². The Hall–Kier alpha value is -2.05. The minimum absolute atomic E-state index is 0.159. The first-order valence-corrected chi connectivity index (χ1v) is 7.16. The lowest BCUT2D eigenvalue weighted by atomic mass is 9.96. The van der Waals surface area contributed by atoms with E-state index in [2.05, 4.69) is 5.32 Å². The van der Waals surface area contributed by atoms with Crippen molar-refractivity contribution in [3.05, 3.63) is 29.8 Å². The van der Waals surface area contributed by atoms with Crippen LogP contribution in [0.3, 0.4) is 0 Å². The molecule has 1 aromatic carbocycles. The van der Waals surface area contributed by atoms with Gasteiger partial charge in [0, 0.05) is 31.1 Å². The zero-order valence-electron chi connectivity index (χ0n) is 13.6. The van der Waals surface area contributed by atoms with Crippen LogP contribution >= 0.6 is 0 Å². The molecule has 0 aliphatic carbocycles. The SMILES string of the molecule is CC(=O)N(CCNC(=O)C(C)(C)C)c1ccc(C(F)(F)F)cc1. The molecule has 1 N–H and O–H groups in total. The molecular formula is C16H21F3N2O2. The summed E-state index contributed by atoms with van der Waals surface area (Å²) in [7, 11) is 0. The largest absolute Gasteiger partial charge is 0.416 e. The molecule has 23 heavy (non-hydrogen) atoms. The normalized spacial score (nSPS) is 12.0. The smallest absolute Gasteiger partial charge is 0.354 e. The van der Waals surface area contributed by atoms with Crippen molar-refractivity contribution in [3.8, 4) is 0 Å². The van der Waals surface area contributed by atoms with Gasteiger partial charge in [0.05, 0.1) is 5.56 Å². The summed E-state index contributed by atoms with van der Waals surface area (Å²) in [6.07, 6.45) is -4.42. The Labute approximate surface area is 133 Å². The van der Waals surface area contributed by atoms with E-state index in [1.165, 1.54) is 24.0 Å². The Balaban J connectivity index is 2.76. The fourth-order valence-corrected chi connectivity index (χ4v) is 1.85. The highest BCUT2D eigenvalue weighted by Gasteiger charge is 2.30. The third-order valence-corrected chi connectivity index (χ3v) is 3.19. The molecule has 0 atom stereocenters. The summed E-state index contributed by atoms with van der Waals surface area (Å²) in [5.41, 5.74) is -0.962. The van der Waals surface area contributed by atoms with E-state index in [0.717, 1.165) is 12.1 Å². The highest BCUT2D eigenvalue weighted by molar-refractivity contribution is 5.91. The Morgan fingerprint density at radius 2 is 1.61 bits per heavy atom. The van der Waals surface area contributed by atoms with Crippen molar-refractivity contribution in [1.29, 1.82) is 0 Å². The number of carbonyl (C=O) groups excluding carboxylic acids is 2. The van der Waals surface area contributed by atoms with Crippen molar-refractivity contribution < 1.29 is 22.8 Å². The molecule has 0 saturated heterocycles. The molecule has 0 saturated carbocycles. The number of halogens is 3. The Bertz CT molecular complexity index is 560. The molecule has 4 nitrogen and oxygen atoms in total. The lowest BCUT2D eigenvalue weighted by Gasteiger charge is -2.23. The summed E-state index contributed by atoms with van der Waals surface area (Å²) in [6, 6.07) is 4.35. The van der Waals surface area contributed by atoms with E-state index in [1.807, 2.05) is 0 Å². The van der Waals surface area contributed by atoms with Crippen LogP contribution in [0.4, 0.5) is 18.9 Å². The van der Waals surface area contributed by atoms with Crippen LogP contribution in [-0.2, 0) is 15.8 Å². The molecule has 1 rings (SSSR count). The first kappa shape index (κ1) is 19.0. The summed E-state index contributed by atoms with van der Waals surface area (Å²) >= 11 is 0. The number of hydrogen-bond donors (Lipinski definition) is 1. The molecule has 0 aliphatic heterocycles. The van der Waals surface area contributed by atoms with Gasteiger partial charge in [-0.05, 0) is 24.3 Å². The molecule has 0 bridgehead atoms. The molecule has 128 valence electrons. The number of anilines is 1. The van der Waals surface area contributed by atoms with Crippen LogP contribution in [0.1, 0.15) is 33.3 Å². The fourth-order valence-electron chi connectivity index (χ4n) is 1.85. The number of nitrogens with one attached hydrogen (secondary N) is 1. The highest BCUT2D eigenvalue weighted by atomic mass is 19.4. The number of rotatable bonds is 4. The molecule has 0 spiro atoms. The topological polar surface area (TPSA) is 49.4 Å². The monoisotopic (exact) mass is 330 g/mol. The number of hydrogen-bond acceptors (Lipinski definition) is 2. The van der Waals surface area contributed by atoms with Crippen LogP contribution in [0.5, 0.6) is 0 Å². The maximum Gasteiger partial charge on any atom is 0.416 e. The van der Waals surface area contributed by atoms with Gasteiger partial charge < -0.3 is 10.2 Å². The summed E-state index contributed by atoms with van der Waals surface area (Å²) < 4.78 is 37.7. The van der Waals surface area contributed by atoms with Crippen molar-refractivity contribution >= 4 is 17.5 Å². The quantitative estimate of drug-likeness (QED) is 0.921. The van der Waals surface area contributed by atoms with Crippen LogP contribution < -0.4 is 10.2 Å². The third kappa shape index (κ3) is 5.58. The summed E-state index contributed by atoms with van der Waals surface area (Å²) in [5, 5.41) is 2.70. The van der Waals surface area contributed by atoms with Gasteiger partial charge in [-0.15, -0.1) is 0 Å². The number of nitrogens with zero attached hydrogens (tertiary/aromatic N) is 1. The lowest BCUT2D eigenvalue weighted by molar-refractivity contribution is -0.137. The maximum absolute atomic E-state index is 12.6. The van der Waals surface area contributed by atoms with Gasteiger partial charge in [-0.25, -0.2) is 0 Å². The molecule has 0 radical (unpaired) electrons. The van der Waals surface area contributed by atoms with E-state index in [9.17, 15) is 22.8 Å². The predicted molar refractivity (Wildman–Crippen MR) is 81.9 cm³/mol. The molecule has 0 aromatic heterocycles. The number of carbonyl (C=O) groups is 2. The average Bonchev–Trinajstić information content (AvgIpc) is 2.41. The summed E-state index contributed by atoms with van der Waals surface area (Å²) in [4.78, 5) is 24.8. The highest BCUT2D eigenvalue weighted by Crippen LogP contribution is 2.30. The first-order chi connectivity index (χ1) is 10.4. The van der Waals surface area contributed by atoms with E-state index in [4.69, 9.17) is 0 Å². The minimum atomic E-state index is -4.42. The van der Waals surface area contributed by atoms with E-state index in [-0.39, 0.29) is 24.9 Å². The second-order valence-electron chi connectivity index (χ2n) is 6.22. The van der Waals surface area contributed by atoms with Crippen molar-refractivity contribution in [3.63, 3.8) is 0 Å². The lowest BCUT2D eigenvalue weighted by Crippen LogP contribution is -2.41. The van der Waals surface area contributed by atoms with Crippen molar-refractivity contribution in [2.75, 3.05) is 18.0 Å². The second kappa shape index (κ2) is 7.02. The Morgan fingerprint density at radius 1 is 1.09 bits per heavy atom. The van der Waals surface area contributed by atoms with Gasteiger partial charge in [-0.2, -0.15) is 13.2 Å². The zero-order chi connectivity index (χ0) is 17.8. The molecule has 0 aliphatic rings. The minimum Gasteiger partial charge on any atom is -0.354 e. The molecule has 0 unspecified atom stereocenters. The predicted octanol–water partition coefficient (Wildman–Crippen LogP) is 3.22. The Kier molecular flexibility index (Phi) is 5.80. The summed E-state index contributed by atoms with van der Waals surface area (Å²) in [6.45, 7) is 7.02. The zero-order valence-corrected chi connectivity index (χ0v) is 13.6. The molecule has 2 amide bonds. The van der Waals surface area contributed by atoms with Crippen LogP contribution in [0.15, 0.2) is 24.3 Å². The van der Waals surface area contributed by atoms with Crippen LogP contribution in [0, 0.1) is 5.41 Å². The van der Waals surface area contributed by atoms with Gasteiger partial charge in [0.2, 0.25) is 11.8 Å². The average molecular weight is 330 g/mol. The number of benzene rings is 1. The van der Waals surface area contributed by atoms with Crippen molar-refractivity contribution in [2.45, 2.75) is 33.9 Å². The Morgan fingerprint density at radius 3 is 2.00 bits per heavy atom. The van der Waals surface area contributed by atoms with Gasteiger partial charge in [-0.1, -0.05) is 20.8 Å². The van der Waals surface area contributed by atoms with Gasteiger partial charge in [0.15, 0.2) is 0 Å². The van der Waals surface area contributed by atoms with Crippen molar-refractivity contribution in [1.82, 2.24) is 5.32 Å². The van der Waals surface area contributed by atoms with E-state index in [1.54, 1.807) is 20.8 Å². The van der Waals surface area contributed by atoms with Gasteiger partial charge in [-0.3, -0.25) is 9.59 Å². The van der Waals surface area contributed by atoms with E-state index >= 15 is 0 Å². The number of amides is 2. The molecule has 0 fully saturated rings. The molecule has 1 aromatic rings. The maximum atomic E-state index is 12.6. The van der Waals surface area contributed by atoms with Crippen LogP contribution in [0.2, 0.25) is 0 Å². The molecule has 0 heterocycles. The van der Waals surface area contributed by atoms with Crippen molar-refractivity contribution in [2.24, 2.45) is 5.41 Å². The summed E-state index contributed by atoms with van der Waals surface area (Å²) in [5.74, 6) is -0.469. The van der Waals surface area contributed by atoms with E-state index < -0.39 is 17.2 Å². The molecular weight excluding hydrogens is 309 g/mol. The van der Waals surface area contributed by atoms with Gasteiger partial charge in [0.25, 0.3) is 0 Å². The van der Waals surface area contributed by atoms with Crippen LogP contribution in [0.25, 0.3) is 0 Å². The van der Waals surface area contributed by atoms with E-state index in [0.29, 0.717) is 5.69 Å². The van der Waals surface area contributed by atoms with Gasteiger partial charge >= 0.3 is 6.18 Å². The fraction of sp³-hybridized carbons (Fsp3) is 0.500. The molecule has 7 heteroatoms. The second-order valence-corrected chi connectivity index (χ2v) is 6.22. The standard InChI is InChI=1S/C16H21F3N2O2/c1-11(22)21(10-9-20-14(23)15(2,3)4)13-7-5-12(6-8-13)16(17,18)19/h5-8H,9-10H2,1-4H3,(H,20,23). The van der Waals surface area contributed by atoms with Gasteiger partial charge in [0.1, 0.15) is 0 Å². The first-order valence-electron chi connectivity index (χ1n) is 7.16. The number of alkyl halides is 3. The third-order valence-electron chi connectivity index (χ3n) is 3.19.